The molecule has 0 bridgehead atoms. The van der Waals surface area contributed by atoms with E-state index >= 15 is 0 Å². The number of fused-ring (bicyclic) bond motifs is 1. The Labute approximate surface area is 120 Å². The molecule has 0 aliphatic carbocycles. The van der Waals surface area contributed by atoms with E-state index in [0.717, 1.165) is 28.5 Å². The molecule has 0 aliphatic heterocycles. The maximum Gasteiger partial charge on any atom is 0.201 e. The van der Waals surface area contributed by atoms with Gasteiger partial charge in [0.05, 0.1) is 11.0 Å². The third kappa shape index (κ3) is 3.20. The SMILES string of the molecule is CSCCCCCn1c(N)nc2cc(Br)ccc21. The summed E-state index contributed by atoms with van der Waals surface area (Å²) in [6.07, 6.45) is 5.83. The number of nitrogen functional groups attached to an aromatic ring is 1. The van der Waals surface area contributed by atoms with Crippen molar-refractivity contribution >= 4 is 44.7 Å². The summed E-state index contributed by atoms with van der Waals surface area (Å²) >= 11 is 5.36. The van der Waals surface area contributed by atoms with Gasteiger partial charge in [0.15, 0.2) is 0 Å². The van der Waals surface area contributed by atoms with Crippen molar-refractivity contribution in [1.82, 2.24) is 9.55 Å². The number of aromatic nitrogens is 2. The van der Waals surface area contributed by atoms with Gasteiger partial charge in [0.1, 0.15) is 0 Å². The highest BCUT2D eigenvalue weighted by Crippen LogP contribution is 2.22. The van der Waals surface area contributed by atoms with E-state index in [4.69, 9.17) is 5.73 Å². The van der Waals surface area contributed by atoms with Gasteiger partial charge in [0.25, 0.3) is 0 Å². The van der Waals surface area contributed by atoms with Crippen LogP contribution in [-0.4, -0.2) is 21.6 Å². The highest BCUT2D eigenvalue weighted by atomic mass is 79.9. The molecule has 0 atom stereocenters. The number of thioether (sulfide) groups is 1. The molecule has 1 heterocycles. The van der Waals surface area contributed by atoms with E-state index < -0.39 is 0 Å². The Morgan fingerprint density at radius 2 is 2.17 bits per heavy atom. The lowest BCUT2D eigenvalue weighted by molar-refractivity contribution is 0.621. The fourth-order valence-electron chi connectivity index (χ4n) is 2.05. The second kappa shape index (κ2) is 6.48. The monoisotopic (exact) mass is 327 g/mol. The molecular weight excluding hydrogens is 310 g/mol. The Morgan fingerprint density at radius 3 is 2.94 bits per heavy atom. The topological polar surface area (TPSA) is 43.8 Å². The zero-order chi connectivity index (χ0) is 13.0. The fourth-order valence-corrected chi connectivity index (χ4v) is 2.89. The number of benzene rings is 1. The lowest BCUT2D eigenvalue weighted by atomic mass is 10.2. The molecule has 0 spiro atoms. The first-order valence-corrected chi connectivity index (χ1v) is 8.31. The number of hydrogen-bond acceptors (Lipinski definition) is 3. The molecule has 2 rings (SSSR count). The molecule has 0 saturated heterocycles. The van der Waals surface area contributed by atoms with Gasteiger partial charge in [-0.2, -0.15) is 11.8 Å². The minimum atomic E-state index is 0.618. The molecule has 18 heavy (non-hydrogen) atoms. The van der Waals surface area contributed by atoms with Gasteiger partial charge in [-0.05, 0) is 43.0 Å². The minimum Gasteiger partial charge on any atom is -0.369 e. The van der Waals surface area contributed by atoms with Gasteiger partial charge in [-0.3, -0.25) is 0 Å². The first kappa shape index (κ1) is 13.7. The molecule has 2 N–H and O–H groups in total. The number of nitrogens with two attached hydrogens (primary N) is 1. The minimum absolute atomic E-state index is 0.618. The number of halogens is 1. The number of hydrogen-bond donors (Lipinski definition) is 1. The highest BCUT2D eigenvalue weighted by molar-refractivity contribution is 9.10. The lowest BCUT2D eigenvalue weighted by Crippen LogP contribution is -2.03. The standard InChI is InChI=1S/C13H18BrN3S/c1-18-8-4-2-3-7-17-12-6-5-10(14)9-11(12)16-13(17)15/h5-6,9H,2-4,7-8H2,1H3,(H2,15,16). The quantitative estimate of drug-likeness (QED) is 0.818. The summed E-state index contributed by atoms with van der Waals surface area (Å²) in [4.78, 5) is 4.40. The Bertz CT molecular complexity index is 524. The second-order valence-electron chi connectivity index (χ2n) is 4.31. The summed E-state index contributed by atoms with van der Waals surface area (Å²) in [5, 5.41) is 0. The average molecular weight is 328 g/mol. The third-order valence-corrected chi connectivity index (χ3v) is 4.16. The molecule has 0 fully saturated rings. The smallest absolute Gasteiger partial charge is 0.201 e. The average Bonchev–Trinajstić information content (AvgIpc) is 2.64. The largest absolute Gasteiger partial charge is 0.369 e. The summed E-state index contributed by atoms with van der Waals surface area (Å²) in [5.74, 6) is 1.86. The number of nitrogens with zero attached hydrogens (tertiary/aromatic N) is 2. The Kier molecular flexibility index (Phi) is 4.95. The van der Waals surface area contributed by atoms with Gasteiger partial charge in [-0.25, -0.2) is 4.98 Å². The Morgan fingerprint density at radius 1 is 1.33 bits per heavy atom. The molecule has 1 aromatic heterocycles. The predicted octanol–water partition coefficient (Wildman–Crippen LogP) is 3.91. The first-order chi connectivity index (χ1) is 8.72. The van der Waals surface area contributed by atoms with Gasteiger partial charge < -0.3 is 10.3 Å². The van der Waals surface area contributed by atoms with E-state index in [0.29, 0.717) is 5.95 Å². The molecule has 2 aromatic rings. The van der Waals surface area contributed by atoms with Crippen molar-refractivity contribution in [2.24, 2.45) is 0 Å². The van der Waals surface area contributed by atoms with Crippen LogP contribution in [0.1, 0.15) is 19.3 Å². The number of rotatable bonds is 6. The fraction of sp³-hybridized carbons (Fsp3) is 0.462. The molecule has 0 amide bonds. The number of imidazole rings is 1. The van der Waals surface area contributed by atoms with Crippen LogP contribution in [0.2, 0.25) is 0 Å². The summed E-state index contributed by atoms with van der Waals surface area (Å²) < 4.78 is 3.15. The van der Waals surface area contributed by atoms with Crippen LogP contribution in [0.5, 0.6) is 0 Å². The van der Waals surface area contributed by atoms with Crippen molar-refractivity contribution in [3.63, 3.8) is 0 Å². The second-order valence-corrected chi connectivity index (χ2v) is 6.21. The van der Waals surface area contributed by atoms with Crippen molar-refractivity contribution < 1.29 is 0 Å². The van der Waals surface area contributed by atoms with Gasteiger partial charge in [-0.1, -0.05) is 22.4 Å². The van der Waals surface area contributed by atoms with Crippen LogP contribution in [0.15, 0.2) is 22.7 Å². The van der Waals surface area contributed by atoms with Crippen molar-refractivity contribution in [3.05, 3.63) is 22.7 Å². The molecule has 0 aliphatic rings. The summed E-state index contributed by atoms with van der Waals surface area (Å²) in [6, 6.07) is 6.12. The Balaban J connectivity index is 2.05. The first-order valence-electron chi connectivity index (χ1n) is 6.12. The maximum absolute atomic E-state index is 5.98. The van der Waals surface area contributed by atoms with Crippen molar-refractivity contribution in [1.29, 1.82) is 0 Å². The van der Waals surface area contributed by atoms with Crippen LogP contribution in [-0.2, 0) is 6.54 Å². The van der Waals surface area contributed by atoms with Gasteiger partial charge >= 0.3 is 0 Å². The van der Waals surface area contributed by atoms with Crippen molar-refractivity contribution in [3.8, 4) is 0 Å². The van der Waals surface area contributed by atoms with Crippen LogP contribution in [0.25, 0.3) is 11.0 Å². The zero-order valence-corrected chi connectivity index (χ0v) is 12.9. The van der Waals surface area contributed by atoms with Gasteiger partial charge in [0, 0.05) is 11.0 Å². The summed E-state index contributed by atoms with van der Waals surface area (Å²) in [7, 11) is 0. The normalized spacial score (nSPS) is 11.2. The highest BCUT2D eigenvalue weighted by Gasteiger charge is 2.07. The third-order valence-electron chi connectivity index (χ3n) is 2.97. The van der Waals surface area contributed by atoms with Crippen LogP contribution < -0.4 is 5.73 Å². The number of unbranched alkanes of at least 4 members (excludes halogenated alkanes) is 2. The van der Waals surface area contributed by atoms with Crippen LogP contribution >= 0.6 is 27.7 Å². The number of aryl methyl sites for hydroxylation is 1. The molecule has 5 heteroatoms. The molecule has 3 nitrogen and oxygen atoms in total. The van der Waals surface area contributed by atoms with E-state index in [-0.39, 0.29) is 0 Å². The zero-order valence-electron chi connectivity index (χ0n) is 10.5. The molecule has 0 saturated carbocycles. The van der Waals surface area contributed by atoms with Crippen molar-refractivity contribution in [2.45, 2.75) is 25.8 Å². The van der Waals surface area contributed by atoms with Crippen LogP contribution in [0, 0.1) is 0 Å². The van der Waals surface area contributed by atoms with Gasteiger partial charge in [-0.15, -0.1) is 0 Å². The molecular formula is C13H18BrN3S. The van der Waals surface area contributed by atoms with Gasteiger partial charge in [0.2, 0.25) is 5.95 Å². The van der Waals surface area contributed by atoms with Crippen molar-refractivity contribution in [2.75, 3.05) is 17.7 Å². The van der Waals surface area contributed by atoms with E-state index in [2.05, 4.69) is 37.8 Å². The van der Waals surface area contributed by atoms with Crippen LogP contribution in [0.3, 0.4) is 0 Å². The molecule has 98 valence electrons. The van der Waals surface area contributed by atoms with Crippen LogP contribution in [0.4, 0.5) is 5.95 Å². The van der Waals surface area contributed by atoms with E-state index in [9.17, 15) is 0 Å². The maximum atomic E-state index is 5.98. The number of anilines is 1. The van der Waals surface area contributed by atoms with E-state index in [1.165, 1.54) is 18.6 Å². The Hall–Kier alpha value is -0.680. The predicted molar refractivity (Wildman–Crippen MR) is 84.1 cm³/mol. The summed E-state index contributed by atoms with van der Waals surface area (Å²) in [5.41, 5.74) is 8.07. The molecule has 1 aromatic carbocycles. The molecule has 0 unspecified atom stereocenters. The summed E-state index contributed by atoms with van der Waals surface area (Å²) in [6.45, 7) is 0.957. The lowest BCUT2D eigenvalue weighted by Gasteiger charge is -2.06. The molecule has 0 radical (unpaired) electrons. The van der Waals surface area contributed by atoms with E-state index in [1.54, 1.807) is 0 Å². The van der Waals surface area contributed by atoms with E-state index in [1.807, 2.05) is 23.9 Å².